The van der Waals surface area contributed by atoms with E-state index in [2.05, 4.69) is 48.3 Å². The fourth-order valence-electron chi connectivity index (χ4n) is 4.31. The second kappa shape index (κ2) is 9.80. The number of methoxy groups -OCH3 is 2. The van der Waals surface area contributed by atoms with E-state index in [9.17, 15) is 0 Å². The molecule has 0 bridgehead atoms. The molecule has 3 rings (SSSR count). The topological polar surface area (TPSA) is 21.7 Å². The minimum absolute atomic E-state index is 0.681. The van der Waals surface area contributed by atoms with Crippen LogP contribution in [0.15, 0.2) is 48.5 Å². The van der Waals surface area contributed by atoms with E-state index < -0.39 is 0 Å². The Balaban J connectivity index is 1.52. The molecule has 0 N–H and O–H groups in total. The third kappa shape index (κ3) is 5.49. The molecule has 146 valence electrons. The summed E-state index contributed by atoms with van der Waals surface area (Å²) in [6, 6.07) is 18.4. The maximum absolute atomic E-state index is 5.36. The second-order valence-electron chi connectivity index (χ2n) is 7.68. The van der Waals surface area contributed by atoms with Gasteiger partial charge in [0.15, 0.2) is 0 Å². The van der Waals surface area contributed by atoms with Crippen molar-refractivity contribution in [2.45, 2.75) is 57.0 Å². The van der Waals surface area contributed by atoms with Gasteiger partial charge >= 0.3 is 0 Å². The lowest BCUT2D eigenvalue weighted by Crippen LogP contribution is -2.44. The van der Waals surface area contributed by atoms with Crippen LogP contribution in [0, 0.1) is 0 Å². The van der Waals surface area contributed by atoms with Gasteiger partial charge in [-0.2, -0.15) is 0 Å². The third-order valence-electron chi connectivity index (χ3n) is 6.03. The van der Waals surface area contributed by atoms with Gasteiger partial charge in [0.2, 0.25) is 0 Å². The van der Waals surface area contributed by atoms with Crippen molar-refractivity contribution >= 4 is 0 Å². The van der Waals surface area contributed by atoms with Gasteiger partial charge in [-0.15, -0.1) is 0 Å². The summed E-state index contributed by atoms with van der Waals surface area (Å²) in [5.41, 5.74) is 2.75. The number of benzene rings is 2. The van der Waals surface area contributed by atoms with E-state index in [1.54, 1.807) is 14.2 Å². The van der Waals surface area contributed by atoms with Crippen molar-refractivity contribution in [3.63, 3.8) is 0 Å². The average molecular weight is 368 g/mol. The van der Waals surface area contributed by atoms with Crippen molar-refractivity contribution in [1.82, 2.24) is 4.90 Å². The molecular formula is C24H33NO2. The van der Waals surface area contributed by atoms with Crippen LogP contribution in [-0.2, 0) is 12.8 Å². The lowest BCUT2D eigenvalue weighted by atomic mass is 9.89. The number of nitrogens with zero attached hydrogens (tertiary/aromatic N) is 1. The molecule has 3 nitrogen and oxygen atoms in total. The second-order valence-corrected chi connectivity index (χ2v) is 7.68. The van der Waals surface area contributed by atoms with Gasteiger partial charge in [-0.25, -0.2) is 0 Å². The highest BCUT2D eigenvalue weighted by atomic mass is 16.5. The van der Waals surface area contributed by atoms with Crippen LogP contribution < -0.4 is 9.47 Å². The van der Waals surface area contributed by atoms with Crippen molar-refractivity contribution in [2.24, 2.45) is 0 Å². The number of piperidine rings is 1. The van der Waals surface area contributed by atoms with Crippen LogP contribution >= 0.6 is 0 Å². The van der Waals surface area contributed by atoms with E-state index in [1.165, 1.54) is 43.2 Å². The largest absolute Gasteiger partial charge is 0.497 e. The summed E-state index contributed by atoms with van der Waals surface area (Å²) >= 11 is 0. The van der Waals surface area contributed by atoms with Gasteiger partial charge in [0.25, 0.3) is 0 Å². The molecule has 0 spiro atoms. The fourth-order valence-corrected chi connectivity index (χ4v) is 4.31. The Kier molecular flexibility index (Phi) is 7.17. The van der Waals surface area contributed by atoms with Gasteiger partial charge in [-0.1, -0.05) is 30.7 Å². The molecule has 0 saturated carbocycles. The summed E-state index contributed by atoms with van der Waals surface area (Å²) in [4.78, 5) is 2.64. The zero-order valence-electron chi connectivity index (χ0n) is 17.0. The van der Waals surface area contributed by atoms with Crippen LogP contribution in [0.25, 0.3) is 0 Å². The van der Waals surface area contributed by atoms with Gasteiger partial charge in [-0.3, -0.25) is 0 Å². The number of rotatable bonds is 8. The Morgan fingerprint density at radius 1 is 0.815 bits per heavy atom. The van der Waals surface area contributed by atoms with Crippen LogP contribution in [0.4, 0.5) is 0 Å². The first-order chi connectivity index (χ1) is 13.2. The third-order valence-corrected chi connectivity index (χ3v) is 6.03. The first-order valence-electron chi connectivity index (χ1n) is 10.2. The molecule has 1 saturated heterocycles. The number of hydrogen-bond donors (Lipinski definition) is 0. The smallest absolute Gasteiger partial charge is 0.119 e. The zero-order chi connectivity index (χ0) is 19.1. The average Bonchev–Trinajstić information content (AvgIpc) is 2.72. The van der Waals surface area contributed by atoms with Crippen molar-refractivity contribution in [1.29, 1.82) is 0 Å². The van der Waals surface area contributed by atoms with Gasteiger partial charge in [0, 0.05) is 12.1 Å². The molecule has 2 aromatic rings. The predicted molar refractivity (Wildman–Crippen MR) is 112 cm³/mol. The number of likely N-dealkylation sites (tertiary alicyclic amines) is 1. The summed E-state index contributed by atoms with van der Waals surface area (Å²) in [5, 5.41) is 0. The molecule has 1 aliphatic heterocycles. The van der Waals surface area contributed by atoms with Crippen LogP contribution in [0.2, 0.25) is 0 Å². The molecule has 0 radical (unpaired) electrons. The fraction of sp³-hybridized carbons (Fsp3) is 0.500. The molecule has 3 heteroatoms. The number of hydrogen-bond acceptors (Lipinski definition) is 3. The van der Waals surface area contributed by atoms with Crippen molar-refractivity contribution in [2.75, 3.05) is 21.3 Å². The normalized spacial score (nSPS) is 20.4. The van der Waals surface area contributed by atoms with E-state index in [1.807, 2.05) is 12.1 Å². The molecule has 1 heterocycles. The molecule has 0 amide bonds. The zero-order valence-corrected chi connectivity index (χ0v) is 17.0. The lowest BCUT2D eigenvalue weighted by Gasteiger charge is -2.40. The molecular weight excluding hydrogens is 334 g/mol. The molecule has 0 unspecified atom stereocenters. The van der Waals surface area contributed by atoms with E-state index in [0.717, 1.165) is 24.3 Å². The van der Waals surface area contributed by atoms with Gasteiger partial charge in [0.1, 0.15) is 11.5 Å². The maximum atomic E-state index is 5.36. The number of ether oxygens (including phenoxy) is 2. The van der Waals surface area contributed by atoms with E-state index >= 15 is 0 Å². The van der Waals surface area contributed by atoms with Crippen molar-refractivity contribution in [3.05, 3.63) is 59.7 Å². The summed E-state index contributed by atoms with van der Waals surface area (Å²) in [5.74, 6) is 1.92. The summed E-state index contributed by atoms with van der Waals surface area (Å²) in [6.07, 6.45) is 8.66. The van der Waals surface area contributed by atoms with Crippen molar-refractivity contribution in [3.8, 4) is 11.5 Å². The summed E-state index contributed by atoms with van der Waals surface area (Å²) in [7, 11) is 5.80. The molecule has 1 fully saturated rings. The SMILES string of the molecule is COc1cccc(CC[C@H]2CCC[C@@H](CCc3cccc(OC)c3)N2C)c1. The first-order valence-corrected chi connectivity index (χ1v) is 10.2. The van der Waals surface area contributed by atoms with E-state index in [-0.39, 0.29) is 0 Å². The molecule has 0 aliphatic carbocycles. The molecule has 0 aromatic heterocycles. The Morgan fingerprint density at radius 3 is 1.74 bits per heavy atom. The van der Waals surface area contributed by atoms with Gasteiger partial charge < -0.3 is 14.4 Å². The Labute approximate surface area is 164 Å². The van der Waals surface area contributed by atoms with E-state index in [0.29, 0.717) is 12.1 Å². The Morgan fingerprint density at radius 2 is 1.30 bits per heavy atom. The Bertz CT molecular complexity index is 656. The van der Waals surface area contributed by atoms with Gasteiger partial charge in [0.05, 0.1) is 14.2 Å². The minimum atomic E-state index is 0.681. The highest BCUT2D eigenvalue weighted by Crippen LogP contribution is 2.28. The molecule has 2 atom stereocenters. The van der Waals surface area contributed by atoms with Crippen LogP contribution in [0.3, 0.4) is 0 Å². The summed E-state index contributed by atoms with van der Waals surface area (Å²) < 4.78 is 10.7. The van der Waals surface area contributed by atoms with E-state index in [4.69, 9.17) is 9.47 Å². The molecule has 27 heavy (non-hydrogen) atoms. The van der Waals surface area contributed by atoms with Crippen molar-refractivity contribution < 1.29 is 9.47 Å². The predicted octanol–water partition coefficient (Wildman–Crippen LogP) is 5.12. The highest BCUT2D eigenvalue weighted by molar-refractivity contribution is 5.29. The summed E-state index contributed by atoms with van der Waals surface area (Å²) in [6.45, 7) is 0. The van der Waals surface area contributed by atoms with Crippen LogP contribution in [-0.4, -0.2) is 38.3 Å². The van der Waals surface area contributed by atoms with Crippen LogP contribution in [0.5, 0.6) is 11.5 Å². The highest BCUT2D eigenvalue weighted by Gasteiger charge is 2.26. The molecule has 1 aliphatic rings. The Hall–Kier alpha value is -2.00. The number of aryl methyl sites for hydroxylation is 2. The lowest BCUT2D eigenvalue weighted by molar-refractivity contribution is 0.103. The minimum Gasteiger partial charge on any atom is -0.497 e. The quantitative estimate of drug-likeness (QED) is 0.646. The first kappa shape index (κ1) is 19.8. The monoisotopic (exact) mass is 367 g/mol. The molecule has 2 aromatic carbocycles. The standard InChI is InChI=1S/C24H33NO2/c1-25-21(15-13-19-7-4-11-23(17-19)26-2)9-6-10-22(25)16-14-20-8-5-12-24(18-20)27-3/h4-5,7-8,11-12,17-18,21-22H,6,9-10,13-16H2,1-3H3/t21-,22+. The van der Waals surface area contributed by atoms with Crippen LogP contribution in [0.1, 0.15) is 43.2 Å². The van der Waals surface area contributed by atoms with Gasteiger partial charge in [-0.05, 0) is 81.0 Å². The maximum Gasteiger partial charge on any atom is 0.119 e.